The lowest BCUT2D eigenvalue weighted by Gasteiger charge is -2.46. The van der Waals surface area contributed by atoms with Crippen molar-refractivity contribution < 1.29 is 19.4 Å². The Balaban J connectivity index is 2.68. The molecule has 0 radical (unpaired) electrons. The minimum Gasteiger partial charge on any atom is -0.481 e. The number of hydrogen-bond acceptors (Lipinski definition) is 3. The molecule has 1 rings (SSSR count). The number of rotatable bonds is 4. The zero-order chi connectivity index (χ0) is 14.8. The van der Waals surface area contributed by atoms with Crippen molar-refractivity contribution in [1.82, 2.24) is 4.90 Å². The maximum absolute atomic E-state index is 12.0. The quantitative estimate of drug-likeness (QED) is 0.853. The van der Waals surface area contributed by atoms with E-state index in [0.717, 1.165) is 6.42 Å². The third-order valence-corrected chi connectivity index (χ3v) is 3.45. The maximum atomic E-state index is 12.0. The Kier molecular flexibility index (Phi) is 4.82. The number of likely N-dealkylation sites (tertiary alicyclic amines) is 1. The zero-order valence-corrected chi connectivity index (χ0v) is 12.5. The lowest BCUT2D eigenvalue weighted by molar-refractivity contribution is -0.140. The van der Waals surface area contributed by atoms with Crippen molar-refractivity contribution in [3.05, 3.63) is 0 Å². The number of aliphatic carboxylic acids is 1. The molecule has 0 aromatic carbocycles. The van der Waals surface area contributed by atoms with Gasteiger partial charge in [-0.3, -0.25) is 4.79 Å². The van der Waals surface area contributed by atoms with E-state index in [4.69, 9.17) is 9.84 Å². The van der Waals surface area contributed by atoms with Crippen molar-refractivity contribution in [2.24, 2.45) is 11.8 Å². The molecule has 2 unspecified atom stereocenters. The minimum atomic E-state index is -0.810. The smallest absolute Gasteiger partial charge is 0.410 e. The van der Waals surface area contributed by atoms with E-state index in [1.54, 1.807) is 4.90 Å². The average molecular weight is 271 g/mol. The van der Waals surface area contributed by atoms with Crippen molar-refractivity contribution in [3.8, 4) is 0 Å². The van der Waals surface area contributed by atoms with Gasteiger partial charge in [0, 0.05) is 12.6 Å². The van der Waals surface area contributed by atoms with Crippen LogP contribution in [0.4, 0.5) is 4.79 Å². The summed E-state index contributed by atoms with van der Waals surface area (Å²) in [5.41, 5.74) is -0.517. The van der Waals surface area contributed by atoms with Gasteiger partial charge in [-0.05, 0) is 39.0 Å². The third kappa shape index (κ3) is 4.40. The number of ether oxygens (including phenoxy) is 1. The number of carbonyl (C=O) groups is 2. The third-order valence-electron chi connectivity index (χ3n) is 3.45. The second kappa shape index (κ2) is 5.80. The normalized spacial score (nSPS) is 20.9. The molecule has 5 nitrogen and oxygen atoms in total. The number of carboxylic acids is 1. The number of hydrogen-bond donors (Lipinski definition) is 1. The predicted octanol–water partition coefficient (Wildman–Crippen LogP) is 2.74. The molecule has 0 aromatic rings. The van der Waals surface area contributed by atoms with Gasteiger partial charge in [-0.2, -0.15) is 0 Å². The highest BCUT2D eigenvalue weighted by molar-refractivity contribution is 5.70. The number of carboxylic acid groups (broad SMARTS) is 1. The second-order valence-corrected chi connectivity index (χ2v) is 6.54. The number of amides is 1. The van der Waals surface area contributed by atoms with Gasteiger partial charge in [-0.1, -0.05) is 13.8 Å². The Bertz CT molecular complexity index is 346. The molecular weight excluding hydrogens is 246 g/mol. The van der Waals surface area contributed by atoms with E-state index in [1.165, 1.54) is 0 Å². The van der Waals surface area contributed by atoms with Crippen molar-refractivity contribution >= 4 is 12.1 Å². The summed E-state index contributed by atoms with van der Waals surface area (Å²) in [6.07, 6.45) is 0.622. The number of carbonyl (C=O) groups excluding carboxylic acids is 1. The Morgan fingerprint density at radius 2 is 1.95 bits per heavy atom. The van der Waals surface area contributed by atoms with Gasteiger partial charge >= 0.3 is 12.1 Å². The van der Waals surface area contributed by atoms with Crippen molar-refractivity contribution in [1.29, 1.82) is 0 Å². The zero-order valence-electron chi connectivity index (χ0n) is 12.5. The van der Waals surface area contributed by atoms with Crippen LogP contribution < -0.4 is 0 Å². The van der Waals surface area contributed by atoms with Gasteiger partial charge in [0.25, 0.3) is 0 Å². The van der Waals surface area contributed by atoms with Crippen LogP contribution in [0.1, 0.15) is 47.5 Å². The van der Waals surface area contributed by atoms with Crippen LogP contribution in [0.25, 0.3) is 0 Å². The Morgan fingerprint density at radius 3 is 2.26 bits per heavy atom. The van der Waals surface area contributed by atoms with Crippen LogP contribution in [0.15, 0.2) is 0 Å². The molecule has 1 fully saturated rings. The van der Waals surface area contributed by atoms with E-state index in [-0.39, 0.29) is 30.4 Å². The summed E-state index contributed by atoms with van der Waals surface area (Å²) in [6, 6.07) is -0.00838. The molecule has 0 spiro atoms. The second-order valence-electron chi connectivity index (χ2n) is 6.54. The largest absolute Gasteiger partial charge is 0.481 e. The molecule has 0 saturated carbocycles. The summed E-state index contributed by atoms with van der Waals surface area (Å²) in [7, 11) is 0. The van der Waals surface area contributed by atoms with E-state index in [2.05, 4.69) is 0 Å². The molecule has 1 saturated heterocycles. The van der Waals surface area contributed by atoms with Gasteiger partial charge in [0.15, 0.2) is 0 Å². The van der Waals surface area contributed by atoms with Crippen LogP contribution in [0.2, 0.25) is 0 Å². The highest BCUT2D eigenvalue weighted by Gasteiger charge is 2.41. The molecule has 1 aliphatic rings. The minimum absolute atomic E-state index is 0.00838. The molecular formula is C14H25NO4. The van der Waals surface area contributed by atoms with Crippen LogP contribution in [0.3, 0.4) is 0 Å². The van der Waals surface area contributed by atoms with Gasteiger partial charge in [-0.25, -0.2) is 4.79 Å². The van der Waals surface area contributed by atoms with Crippen LogP contribution in [0, 0.1) is 11.8 Å². The summed E-state index contributed by atoms with van der Waals surface area (Å²) in [5.74, 6) is -0.597. The fraction of sp³-hybridized carbons (Fsp3) is 0.857. The van der Waals surface area contributed by atoms with Gasteiger partial charge in [0.2, 0.25) is 0 Å². The topological polar surface area (TPSA) is 66.8 Å². The molecule has 1 N–H and O–H groups in total. The molecule has 1 heterocycles. The van der Waals surface area contributed by atoms with Crippen LogP contribution >= 0.6 is 0 Å². The highest BCUT2D eigenvalue weighted by Crippen LogP contribution is 2.33. The highest BCUT2D eigenvalue weighted by atomic mass is 16.6. The molecule has 0 aliphatic carbocycles. The van der Waals surface area contributed by atoms with Crippen LogP contribution in [-0.4, -0.2) is 40.3 Å². The van der Waals surface area contributed by atoms with Gasteiger partial charge in [0.05, 0.1) is 6.42 Å². The Labute approximate surface area is 114 Å². The van der Waals surface area contributed by atoms with E-state index in [9.17, 15) is 9.59 Å². The first-order chi connectivity index (χ1) is 8.61. The van der Waals surface area contributed by atoms with E-state index in [0.29, 0.717) is 6.54 Å². The summed E-state index contributed by atoms with van der Waals surface area (Å²) >= 11 is 0. The molecule has 2 atom stereocenters. The fourth-order valence-corrected chi connectivity index (χ4v) is 2.42. The standard InChI is InChI=1S/C14H25NO4/c1-9(2)10(8-12(16)17)11-6-7-15(11)13(18)19-14(3,4)5/h9-11H,6-8H2,1-5H3,(H,16,17). The molecule has 110 valence electrons. The Morgan fingerprint density at radius 1 is 1.37 bits per heavy atom. The van der Waals surface area contributed by atoms with E-state index in [1.807, 2.05) is 34.6 Å². The first-order valence-electron chi connectivity index (χ1n) is 6.83. The number of nitrogens with zero attached hydrogens (tertiary/aromatic N) is 1. The fourth-order valence-electron chi connectivity index (χ4n) is 2.42. The monoisotopic (exact) mass is 271 g/mol. The summed E-state index contributed by atoms with van der Waals surface area (Å²) in [4.78, 5) is 24.6. The molecule has 0 bridgehead atoms. The van der Waals surface area contributed by atoms with E-state index < -0.39 is 11.6 Å². The first kappa shape index (κ1) is 15.8. The van der Waals surface area contributed by atoms with Crippen LogP contribution in [0.5, 0.6) is 0 Å². The molecule has 19 heavy (non-hydrogen) atoms. The predicted molar refractivity (Wildman–Crippen MR) is 71.9 cm³/mol. The molecule has 5 heteroatoms. The van der Waals surface area contributed by atoms with Crippen LogP contribution in [-0.2, 0) is 9.53 Å². The maximum Gasteiger partial charge on any atom is 0.410 e. The summed E-state index contributed by atoms with van der Waals surface area (Å²) in [5, 5.41) is 8.98. The first-order valence-corrected chi connectivity index (χ1v) is 6.83. The average Bonchev–Trinajstić information content (AvgIpc) is 2.10. The summed E-state index contributed by atoms with van der Waals surface area (Å²) < 4.78 is 5.35. The lowest BCUT2D eigenvalue weighted by atomic mass is 9.80. The summed E-state index contributed by atoms with van der Waals surface area (Å²) in [6.45, 7) is 10.1. The van der Waals surface area contributed by atoms with Crippen molar-refractivity contribution in [2.75, 3.05) is 6.54 Å². The molecule has 1 aliphatic heterocycles. The Hall–Kier alpha value is -1.26. The van der Waals surface area contributed by atoms with Gasteiger partial charge in [0.1, 0.15) is 5.60 Å². The molecule has 0 aromatic heterocycles. The van der Waals surface area contributed by atoms with Gasteiger partial charge < -0.3 is 14.7 Å². The van der Waals surface area contributed by atoms with Crippen molar-refractivity contribution in [2.45, 2.75) is 59.1 Å². The van der Waals surface area contributed by atoms with Gasteiger partial charge in [-0.15, -0.1) is 0 Å². The lowest BCUT2D eigenvalue weighted by Crippen LogP contribution is -2.57. The SMILES string of the molecule is CC(C)C(CC(=O)O)C1CCN1C(=O)OC(C)(C)C. The van der Waals surface area contributed by atoms with E-state index >= 15 is 0 Å². The molecule has 1 amide bonds. The van der Waals surface area contributed by atoms with Crippen molar-refractivity contribution in [3.63, 3.8) is 0 Å².